The van der Waals surface area contributed by atoms with Crippen molar-refractivity contribution in [2.45, 2.75) is 58.1 Å². The first-order valence-corrected chi connectivity index (χ1v) is 10.6. The summed E-state index contributed by atoms with van der Waals surface area (Å²) in [6.45, 7) is 4.72. The minimum Gasteiger partial charge on any atom is -0.493 e. The molecular formula is C22H37N3O4. The van der Waals surface area contributed by atoms with Crippen molar-refractivity contribution in [3.05, 3.63) is 17.7 Å². The zero-order chi connectivity index (χ0) is 20.9. The largest absolute Gasteiger partial charge is 0.493 e. The third kappa shape index (κ3) is 7.31. The second kappa shape index (κ2) is 13.1. The molecule has 29 heavy (non-hydrogen) atoms. The van der Waals surface area contributed by atoms with Gasteiger partial charge in [0, 0.05) is 18.7 Å². The predicted octanol–water partition coefficient (Wildman–Crippen LogP) is 3.51. The van der Waals surface area contributed by atoms with Crippen LogP contribution in [0.2, 0.25) is 0 Å². The summed E-state index contributed by atoms with van der Waals surface area (Å²) >= 11 is 0. The highest BCUT2D eigenvalue weighted by Crippen LogP contribution is 2.39. The van der Waals surface area contributed by atoms with Crippen molar-refractivity contribution in [3.63, 3.8) is 0 Å². The molecule has 0 aliphatic heterocycles. The third-order valence-corrected chi connectivity index (χ3v) is 5.09. The third-order valence-electron chi connectivity index (χ3n) is 5.09. The highest BCUT2D eigenvalue weighted by Gasteiger charge is 2.16. The molecule has 0 unspecified atom stereocenters. The lowest BCUT2D eigenvalue weighted by Gasteiger charge is -2.17. The van der Waals surface area contributed by atoms with Crippen LogP contribution in [0.25, 0.3) is 0 Å². The van der Waals surface area contributed by atoms with Crippen molar-refractivity contribution in [3.8, 4) is 17.2 Å². The van der Waals surface area contributed by atoms with E-state index >= 15 is 0 Å². The quantitative estimate of drug-likeness (QED) is 0.268. The Hall–Kier alpha value is -2.15. The molecule has 0 saturated heterocycles. The number of methoxy groups -OCH3 is 3. The molecule has 0 radical (unpaired) electrons. The Morgan fingerprint density at radius 3 is 2.31 bits per heavy atom. The molecule has 1 aromatic carbocycles. The van der Waals surface area contributed by atoms with Gasteiger partial charge in [0.25, 0.3) is 0 Å². The van der Waals surface area contributed by atoms with E-state index in [9.17, 15) is 0 Å². The average molecular weight is 408 g/mol. The zero-order valence-corrected chi connectivity index (χ0v) is 18.4. The summed E-state index contributed by atoms with van der Waals surface area (Å²) < 4.78 is 22.4. The maximum absolute atomic E-state index is 6.05. The molecule has 1 saturated carbocycles. The maximum Gasteiger partial charge on any atom is 0.203 e. The first-order chi connectivity index (χ1) is 14.2. The van der Waals surface area contributed by atoms with Crippen molar-refractivity contribution in [1.29, 1.82) is 0 Å². The van der Waals surface area contributed by atoms with Crippen molar-refractivity contribution in [1.82, 2.24) is 10.6 Å². The molecule has 7 nitrogen and oxygen atoms in total. The molecule has 0 bridgehead atoms. The minimum absolute atomic E-state index is 0.412. The lowest BCUT2D eigenvalue weighted by Crippen LogP contribution is -2.39. The highest BCUT2D eigenvalue weighted by molar-refractivity contribution is 5.79. The Morgan fingerprint density at radius 1 is 0.966 bits per heavy atom. The van der Waals surface area contributed by atoms with Crippen LogP contribution >= 0.6 is 0 Å². The maximum atomic E-state index is 6.05. The molecule has 1 aliphatic rings. The van der Waals surface area contributed by atoms with E-state index in [0.29, 0.717) is 36.5 Å². The van der Waals surface area contributed by atoms with Crippen molar-refractivity contribution < 1.29 is 18.9 Å². The fourth-order valence-electron chi connectivity index (χ4n) is 3.60. The number of hydrogen-bond donors (Lipinski definition) is 2. The number of rotatable bonds is 10. The molecule has 2 N–H and O–H groups in total. The Labute approximate surface area is 175 Å². The fourth-order valence-corrected chi connectivity index (χ4v) is 3.60. The molecular weight excluding hydrogens is 370 g/mol. The van der Waals surface area contributed by atoms with Gasteiger partial charge in [-0.3, -0.25) is 0 Å². The number of benzene rings is 1. The van der Waals surface area contributed by atoms with E-state index in [0.717, 1.165) is 24.6 Å². The molecule has 7 heteroatoms. The van der Waals surface area contributed by atoms with Crippen LogP contribution in [0.3, 0.4) is 0 Å². The Balaban J connectivity index is 1.92. The average Bonchev–Trinajstić information content (AvgIpc) is 3.02. The van der Waals surface area contributed by atoms with Gasteiger partial charge in [0.05, 0.1) is 40.6 Å². The second-order valence-electron chi connectivity index (χ2n) is 7.10. The molecule has 0 spiro atoms. The van der Waals surface area contributed by atoms with Crippen molar-refractivity contribution in [2.75, 3.05) is 41.0 Å². The monoisotopic (exact) mass is 407 g/mol. The van der Waals surface area contributed by atoms with E-state index < -0.39 is 0 Å². The van der Waals surface area contributed by atoms with E-state index in [1.165, 1.54) is 38.5 Å². The van der Waals surface area contributed by atoms with Crippen LogP contribution in [0.4, 0.5) is 0 Å². The summed E-state index contributed by atoms with van der Waals surface area (Å²) in [4.78, 5) is 4.69. The van der Waals surface area contributed by atoms with Crippen LogP contribution in [0, 0.1) is 0 Å². The lowest BCUT2D eigenvalue weighted by atomic mass is 10.1. The molecule has 1 aliphatic carbocycles. The topological polar surface area (TPSA) is 73.3 Å². The lowest BCUT2D eigenvalue weighted by molar-refractivity contribution is 0.0468. The first-order valence-electron chi connectivity index (χ1n) is 10.6. The van der Waals surface area contributed by atoms with Gasteiger partial charge in [-0.2, -0.15) is 0 Å². The second-order valence-corrected chi connectivity index (χ2v) is 7.10. The van der Waals surface area contributed by atoms with E-state index in [1.807, 2.05) is 12.1 Å². The van der Waals surface area contributed by atoms with Crippen LogP contribution in [-0.4, -0.2) is 53.1 Å². The standard InChI is InChI=1S/C22H37N3O4/c1-5-23-22(24-14-15-29-18-10-8-6-7-9-11-18)25-16-17-12-13-19(26-2)21(28-4)20(17)27-3/h12-13,18H,5-11,14-16H2,1-4H3,(H2,23,24,25). The molecule has 2 rings (SSSR count). The van der Waals surface area contributed by atoms with Gasteiger partial charge < -0.3 is 29.6 Å². The van der Waals surface area contributed by atoms with Gasteiger partial charge in [0.1, 0.15) is 0 Å². The van der Waals surface area contributed by atoms with Gasteiger partial charge in [0.15, 0.2) is 17.5 Å². The van der Waals surface area contributed by atoms with Crippen molar-refractivity contribution >= 4 is 5.96 Å². The van der Waals surface area contributed by atoms with Crippen LogP contribution in [-0.2, 0) is 11.3 Å². The molecule has 0 aromatic heterocycles. The van der Waals surface area contributed by atoms with Gasteiger partial charge in [-0.25, -0.2) is 4.99 Å². The van der Waals surface area contributed by atoms with E-state index in [4.69, 9.17) is 18.9 Å². The normalized spacial score (nSPS) is 15.5. The minimum atomic E-state index is 0.412. The SMILES string of the molecule is CCNC(=NCc1ccc(OC)c(OC)c1OC)NCCOC1CCCCCC1. The molecule has 0 heterocycles. The van der Waals surface area contributed by atoms with Gasteiger partial charge in [-0.1, -0.05) is 25.7 Å². The number of ether oxygens (including phenoxy) is 4. The number of aliphatic imine (C=N–C) groups is 1. The van der Waals surface area contributed by atoms with Crippen LogP contribution < -0.4 is 24.8 Å². The van der Waals surface area contributed by atoms with Crippen LogP contribution in [0.15, 0.2) is 17.1 Å². The number of hydrogen-bond acceptors (Lipinski definition) is 5. The number of nitrogens with zero attached hydrogens (tertiary/aromatic N) is 1. The summed E-state index contributed by atoms with van der Waals surface area (Å²) in [5, 5.41) is 6.63. The van der Waals surface area contributed by atoms with Gasteiger partial charge in [0.2, 0.25) is 5.75 Å². The van der Waals surface area contributed by atoms with Crippen LogP contribution in [0.1, 0.15) is 51.0 Å². The molecule has 0 atom stereocenters. The molecule has 164 valence electrons. The van der Waals surface area contributed by atoms with Crippen LogP contribution in [0.5, 0.6) is 17.2 Å². The summed E-state index contributed by atoms with van der Waals surface area (Å²) in [7, 11) is 4.84. The van der Waals surface area contributed by atoms with Gasteiger partial charge >= 0.3 is 0 Å². The summed E-state index contributed by atoms with van der Waals surface area (Å²) in [6, 6.07) is 3.82. The van der Waals surface area contributed by atoms with E-state index in [2.05, 4.69) is 22.5 Å². The summed E-state index contributed by atoms with van der Waals surface area (Å²) in [6.07, 6.45) is 8.05. The van der Waals surface area contributed by atoms with Gasteiger partial charge in [-0.05, 0) is 31.9 Å². The summed E-state index contributed by atoms with van der Waals surface area (Å²) in [5.41, 5.74) is 0.928. The first kappa shape index (κ1) is 23.1. The Morgan fingerprint density at radius 2 is 1.69 bits per heavy atom. The van der Waals surface area contributed by atoms with Crippen molar-refractivity contribution in [2.24, 2.45) is 4.99 Å². The fraction of sp³-hybridized carbons (Fsp3) is 0.682. The molecule has 0 amide bonds. The molecule has 1 fully saturated rings. The zero-order valence-electron chi connectivity index (χ0n) is 18.4. The highest BCUT2D eigenvalue weighted by atomic mass is 16.5. The van der Waals surface area contributed by atoms with E-state index in [1.54, 1.807) is 21.3 Å². The predicted molar refractivity (Wildman–Crippen MR) is 116 cm³/mol. The smallest absolute Gasteiger partial charge is 0.203 e. The number of guanidine groups is 1. The molecule has 1 aromatic rings. The van der Waals surface area contributed by atoms with Gasteiger partial charge in [-0.15, -0.1) is 0 Å². The summed E-state index contributed by atoms with van der Waals surface area (Å²) in [5.74, 6) is 2.62. The van der Waals surface area contributed by atoms with E-state index in [-0.39, 0.29) is 0 Å². The Kier molecular flexibility index (Phi) is 10.5. The Bertz CT molecular complexity index is 629. The number of nitrogens with one attached hydrogen (secondary N) is 2.